The van der Waals surface area contributed by atoms with Crippen molar-refractivity contribution in [1.29, 1.82) is 0 Å². The van der Waals surface area contributed by atoms with Crippen LogP contribution < -0.4 is 0 Å². The number of hydrogen-bond acceptors (Lipinski definition) is 0. The molecule has 0 N–H and O–H groups in total. The van der Waals surface area contributed by atoms with E-state index in [-0.39, 0.29) is 5.82 Å². The van der Waals surface area contributed by atoms with Crippen LogP contribution in [-0.4, -0.2) is 0 Å². The van der Waals surface area contributed by atoms with E-state index in [1.54, 1.807) is 0 Å². The fraction of sp³-hybridized carbons (Fsp3) is 0.125. The van der Waals surface area contributed by atoms with Gasteiger partial charge in [-0.3, -0.25) is 0 Å². The van der Waals surface area contributed by atoms with Crippen molar-refractivity contribution in [2.45, 2.75) is 6.92 Å². The molecule has 2 heteroatoms. The summed E-state index contributed by atoms with van der Waals surface area (Å²) in [5.41, 5.74) is 0.895. The van der Waals surface area contributed by atoms with E-state index in [1.807, 2.05) is 19.4 Å². The van der Waals surface area contributed by atoms with Crippen molar-refractivity contribution in [3.8, 4) is 0 Å². The third kappa shape index (κ3) is 1.81. The van der Waals surface area contributed by atoms with Crippen LogP contribution in [0.25, 0.3) is 0 Å². The SMILES string of the molecule is C[CH]c1cc(F)cc(Br)c1. The van der Waals surface area contributed by atoms with Crippen LogP contribution in [0.3, 0.4) is 0 Å². The first-order valence-corrected chi connectivity index (χ1v) is 3.77. The Morgan fingerprint density at radius 3 is 2.60 bits per heavy atom. The maximum atomic E-state index is 12.6. The normalized spacial score (nSPS) is 9.90. The molecule has 1 radical (unpaired) electrons. The summed E-state index contributed by atoms with van der Waals surface area (Å²) >= 11 is 3.19. The second-order valence-electron chi connectivity index (χ2n) is 1.99. The molecule has 0 saturated carbocycles. The van der Waals surface area contributed by atoms with Gasteiger partial charge in [0.1, 0.15) is 5.82 Å². The fourth-order valence-corrected chi connectivity index (χ4v) is 1.22. The molecule has 1 aromatic carbocycles. The second-order valence-corrected chi connectivity index (χ2v) is 2.91. The van der Waals surface area contributed by atoms with Gasteiger partial charge in [-0.25, -0.2) is 4.39 Å². The molecule has 0 amide bonds. The predicted molar refractivity (Wildman–Crippen MR) is 43.2 cm³/mol. The highest BCUT2D eigenvalue weighted by molar-refractivity contribution is 9.10. The zero-order valence-electron chi connectivity index (χ0n) is 5.57. The molecule has 0 unspecified atom stereocenters. The van der Waals surface area contributed by atoms with Gasteiger partial charge in [0.2, 0.25) is 0 Å². The lowest BCUT2D eigenvalue weighted by Crippen LogP contribution is -1.80. The Hall–Kier alpha value is -0.370. The lowest BCUT2D eigenvalue weighted by molar-refractivity contribution is 0.626. The molecule has 0 aromatic heterocycles. The molecule has 10 heavy (non-hydrogen) atoms. The Balaban J connectivity index is 3.06. The quantitative estimate of drug-likeness (QED) is 0.656. The van der Waals surface area contributed by atoms with Gasteiger partial charge in [0.05, 0.1) is 0 Å². The molecule has 0 heterocycles. The molecule has 0 saturated heterocycles. The predicted octanol–water partition coefficient (Wildman–Crippen LogP) is 3.16. The summed E-state index contributed by atoms with van der Waals surface area (Å²) in [6.45, 7) is 1.88. The Morgan fingerprint density at radius 1 is 1.40 bits per heavy atom. The van der Waals surface area contributed by atoms with Crippen LogP contribution in [0.1, 0.15) is 12.5 Å². The van der Waals surface area contributed by atoms with Gasteiger partial charge >= 0.3 is 0 Å². The molecule has 0 atom stereocenters. The fourth-order valence-electron chi connectivity index (χ4n) is 0.742. The van der Waals surface area contributed by atoms with Crippen molar-refractivity contribution in [1.82, 2.24) is 0 Å². The van der Waals surface area contributed by atoms with E-state index < -0.39 is 0 Å². The van der Waals surface area contributed by atoms with Crippen molar-refractivity contribution >= 4 is 15.9 Å². The van der Waals surface area contributed by atoms with Crippen LogP contribution in [0.4, 0.5) is 4.39 Å². The van der Waals surface area contributed by atoms with Crippen LogP contribution >= 0.6 is 15.9 Å². The summed E-state index contributed by atoms with van der Waals surface area (Å²) in [6, 6.07) is 4.79. The van der Waals surface area contributed by atoms with E-state index in [0.717, 1.165) is 10.0 Å². The Labute approximate surface area is 68.2 Å². The van der Waals surface area contributed by atoms with Crippen LogP contribution in [0.2, 0.25) is 0 Å². The highest BCUT2D eigenvalue weighted by Gasteiger charge is 1.95. The molecular formula is C8H7BrF. The first-order valence-electron chi connectivity index (χ1n) is 2.98. The van der Waals surface area contributed by atoms with Crippen LogP contribution in [0.15, 0.2) is 22.7 Å². The summed E-state index contributed by atoms with van der Waals surface area (Å²) in [4.78, 5) is 0. The summed E-state index contributed by atoms with van der Waals surface area (Å²) < 4.78 is 13.3. The molecule has 1 rings (SSSR count). The highest BCUT2D eigenvalue weighted by Crippen LogP contribution is 2.15. The average Bonchev–Trinajstić information content (AvgIpc) is 1.85. The number of benzene rings is 1. The van der Waals surface area contributed by atoms with E-state index in [1.165, 1.54) is 12.1 Å². The van der Waals surface area contributed by atoms with Gasteiger partial charge in [0.15, 0.2) is 0 Å². The van der Waals surface area contributed by atoms with Crippen LogP contribution in [0, 0.1) is 12.2 Å². The molecule has 0 spiro atoms. The summed E-state index contributed by atoms with van der Waals surface area (Å²) in [5, 5.41) is 0. The lowest BCUT2D eigenvalue weighted by Gasteiger charge is -1.96. The minimum atomic E-state index is -0.206. The van der Waals surface area contributed by atoms with E-state index in [4.69, 9.17) is 0 Å². The Morgan fingerprint density at radius 2 is 2.10 bits per heavy atom. The topological polar surface area (TPSA) is 0 Å². The molecule has 1 aromatic rings. The molecule has 53 valence electrons. The second kappa shape index (κ2) is 3.15. The largest absolute Gasteiger partial charge is 0.207 e. The van der Waals surface area contributed by atoms with E-state index >= 15 is 0 Å². The highest BCUT2D eigenvalue weighted by atomic mass is 79.9. The van der Waals surface area contributed by atoms with Crippen molar-refractivity contribution in [2.24, 2.45) is 0 Å². The van der Waals surface area contributed by atoms with Gasteiger partial charge in [-0.15, -0.1) is 0 Å². The zero-order valence-corrected chi connectivity index (χ0v) is 7.15. The average molecular weight is 202 g/mol. The van der Waals surface area contributed by atoms with E-state index in [0.29, 0.717) is 0 Å². The number of rotatable bonds is 1. The van der Waals surface area contributed by atoms with Crippen LogP contribution in [-0.2, 0) is 0 Å². The first-order chi connectivity index (χ1) is 4.72. The minimum absolute atomic E-state index is 0.206. The lowest BCUT2D eigenvalue weighted by atomic mass is 10.2. The van der Waals surface area contributed by atoms with Crippen molar-refractivity contribution in [3.05, 3.63) is 40.5 Å². The third-order valence-corrected chi connectivity index (χ3v) is 1.68. The standard InChI is InChI=1S/C8H7BrF/c1-2-6-3-7(9)5-8(10)4-6/h2-5H,1H3. The monoisotopic (exact) mass is 201 g/mol. The van der Waals surface area contributed by atoms with Gasteiger partial charge in [-0.2, -0.15) is 0 Å². The molecule has 0 nitrogen and oxygen atoms in total. The Bertz CT molecular complexity index is 212. The summed E-state index contributed by atoms with van der Waals surface area (Å²) in [7, 11) is 0. The number of halogens is 2. The van der Waals surface area contributed by atoms with Crippen LogP contribution in [0.5, 0.6) is 0 Å². The molecule has 0 aliphatic rings. The van der Waals surface area contributed by atoms with Crippen molar-refractivity contribution in [2.75, 3.05) is 0 Å². The van der Waals surface area contributed by atoms with Gasteiger partial charge in [0.25, 0.3) is 0 Å². The smallest absolute Gasteiger partial charge is 0.124 e. The van der Waals surface area contributed by atoms with Gasteiger partial charge in [0, 0.05) is 4.47 Å². The van der Waals surface area contributed by atoms with Gasteiger partial charge in [-0.05, 0) is 30.2 Å². The molecule has 0 aliphatic carbocycles. The van der Waals surface area contributed by atoms with E-state index in [9.17, 15) is 4.39 Å². The van der Waals surface area contributed by atoms with E-state index in [2.05, 4.69) is 15.9 Å². The maximum absolute atomic E-state index is 12.6. The molecule has 0 bridgehead atoms. The summed E-state index contributed by atoms with van der Waals surface area (Å²) in [5.74, 6) is -0.206. The van der Waals surface area contributed by atoms with Crippen molar-refractivity contribution < 1.29 is 4.39 Å². The maximum Gasteiger partial charge on any atom is 0.124 e. The molecular weight excluding hydrogens is 195 g/mol. The van der Waals surface area contributed by atoms with Gasteiger partial charge < -0.3 is 0 Å². The molecule has 0 aliphatic heterocycles. The molecule has 0 fully saturated rings. The third-order valence-electron chi connectivity index (χ3n) is 1.22. The minimum Gasteiger partial charge on any atom is -0.207 e. The zero-order chi connectivity index (χ0) is 7.56. The Kier molecular flexibility index (Phi) is 2.44. The number of hydrogen-bond donors (Lipinski definition) is 0. The van der Waals surface area contributed by atoms with Crippen molar-refractivity contribution in [3.63, 3.8) is 0 Å². The summed E-state index contributed by atoms with van der Waals surface area (Å²) in [6.07, 6.45) is 1.86. The first kappa shape index (κ1) is 7.73. The van der Waals surface area contributed by atoms with Gasteiger partial charge in [-0.1, -0.05) is 22.9 Å².